The van der Waals surface area contributed by atoms with Crippen LogP contribution in [-0.2, 0) is 19.1 Å². The number of fused-ring (bicyclic) bond motifs is 1. The third kappa shape index (κ3) is 4.65. The lowest BCUT2D eigenvalue weighted by Gasteiger charge is -2.42. The Hall–Kier alpha value is -2.52. The lowest BCUT2D eigenvalue weighted by molar-refractivity contribution is -0.154. The summed E-state index contributed by atoms with van der Waals surface area (Å²) in [4.78, 5) is 47.6. The summed E-state index contributed by atoms with van der Waals surface area (Å²) < 4.78 is 4.67. The highest BCUT2D eigenvalue weighted by molar-refractivity contribution is 8.02. The van der Waals surface area contributed by atoms with Gasteiger partial charge in [0.2, 0.25) is 5.91 Å². The van der Waals surface area contributed by atoms with Gasteiger partial charge in [-0.1, -0.05) is 19.9 Å². The van der Waals surface area contributed by atoms with Crippen LogP contribution >= 0.6 is 11.8 Å². The van der Waals surface area contributed by atoms with E-state index in [4.69, 9.17) is 4.74 Å². The highest BCUT2D eigenvalue weighted by Crippen LogP contribution is 2.69. The van der Waals surface area contributed by atoms with Crippen molar-refractivity contribution in [3.63, 3.8) is 0 Å². The minimum Gasteiger partial charge on any atom is -0.466 e. The maximum Gasteiger partial charge on any atom is 0.310 e. The van der Waals surface area contributed by atoms with Gasteiger partial charge in [-0.2, -0.15) is 0 Å². The number of benzene rings is 1. The Balaban J connectivity index is 1.80. The number of hydrogen-bond donors (Lipinski definition) is 1. The predicted molar refractivity (Wildman–Crippen MR) is 156 cm³/mol. The van der Waals surface area contributed by atoms with Crippen LogP contribution in [-0.4, -0.2) is 82.7 Å². The van der Waals surface area contributed by atoms with Crippen LogP contribution in [0.15, 0.2) is 36.9 Å². The van der Waals surface area contributed by atoms with E-state index in [1.807, 2.05) is 31.2 Å². The molecule has 0 radical (unpaired) electrons. The lowest BCUT2D eigenvalue weighted by Crippen LogP contribution is -2.59. The van der Waals surface area contributed by atoms with Crippen molar-refractivity contribution in [3.8, 4) is 0 Å². The topological polar surface area (TPSA) is 90.4 Å². The molecule has 4 rings (SSSR count). The normalized spacial score (nSPS) is 29.7. The molecule has 0 aliphatic carbocycles. The Morgan fingerprint density at radius 3 is 2.38 bits per heavy atom. The quantitative estimate of drug-likeness (QED) is 0.309. The van der Waals surface area contributed by atoms with Crippen LogP contribution in [0.4, 0.5) is 11.4 Å². The molecular formula is C30H43N3O5S. The second kappa shape index (κ2) is 11.9. The molecule has 214 valence electrons. The van der Waals surface area contributed by atoms with Crippen LogP contribution in [0.2, 0.25) is 0 Å². The van der Waals surface area contributed by atoms with E-state index in [9.17, 15) is 19.5 Å². The molecule has 39 heavy (non-hydrogen) atoms. The second-order valence-electron chi connectivity index (χ2n) is 10.7. The van der Waals surface area contributed by atoms with E-state index in [-0.39, 0.29) is 48.7 Å². The molecule has 3 unspecified atom stereocenters. The average molecular weight is 558 g/mol. The Labute approximate surface area is 236 Å². The third-order valence-electron chi connectivity index (χ3n) is 8.92. The van der Waals surface area contributed by atoms with Gasteiger partial charge in [0, 0.05) is 36.3 Å². The number of ether oxygens (including phenoxy) is 1. The van der Waals surface area contributed by atoms with Gasteiger partial charge < -0.3 is 24.5 Å². The smallest absolute Gasteiger partial charge is 0.310 e. The predicted octanol–water partition coefficient (Wildman–Crippen LogP) is 3.72. The number of nitrogens with zero attached hydrogens (tertiary/aromatic N) is 3. The molecule has 8 nitrogen and oxygen atoms in total. The minimum atomic E-state index is -0.807. The molecule has 3 heterocycles. The number of carbonyl (C=O) groups is 3. The van der Waals surface area contributed by atoms with Crippen molar-refractivity contribution in [3.05, 3.63) is 36.9 Å². The first-order valence-corrected chi connectivity index (χ1v) is 15.2. The molecular weight excluding hydrogens is 514 g/mol. The number of aliphatic hydroxyl groups excluding tert-OH is 1. The molecule has 1 aromatic carbocycles. The molecule has 1 spiro atoms. The van der Waals surface area contributed by atoms with Crippen molar-refractivity contribution in [1.29, 1.82) is 0 Å². The number of thioether (sulfide) groups is 1. The largest absolute Gasteiger partial charge is 0.466 e. The molecule has 1 aromatic rings. The molecule has 0 saturated carbocycles. The number of esters is 1. The highest BCUT2D eigenvalue weighted by atomic mass is 32.2. The summed E-state index contributed by atoms with van der Waals surface area (Å²) in [6, 6.07) is 6.60. The Morgan fingerprint density at radius 1 is 1.21 bits per heavy atom. The average Bonchev–Trinajstić information content (AvgIpc) is 3.53. The molecule has 9 heteroatoms. The first-order chi connectivity index (χ1) is 18.7. The number of likely N-dealkylation sites (tertiary alicyclic amines) is 1. The zero-order valence-corrected chi connectivity index (χ0v) is 24.7. The van der Waals surface area contributed by atoms with Crippen molar-refractivity contribution in [2.75, 3.05) is 42.6 Å². The summed E-state index contributed by atoms with van der Waals surface area (Å²) in [7, 11) is 0. The first-order valence-electron chi connectivity index (χ1n) is 14.3. The number of hydrogen-bond acceptors (Lipinski definition) is 7. The fraction of sp³-hybridized carbons (Fsp3) is 0.633. The monoisotopic (exact) mass is 557 g/mol. The Morgan fingerprint density at radius 2 is 1.85 bits per heavy atom. The van der Waals surface area contributed by atoms with Gasteiger partial charge in [-0.15, -0.1) is 18.3 Å². The second-order valence-corrected chi connectivity index (χ2v) is 12.3. The highest BCUT2D eigenvalue weighted by Gasteiger charge is 2.77. The maximum atomic E-state index is 14.7. The van der Waals surface area contributed by atoms with Gasteiger partial charge >= 0.3 is 5.97 Å². The molecule has 3 saturated heterocycles. The van der Waals surface area contributed by atoms with Crippen molar-refractivity contribution >= 4 is 40.9 Å². The first kappa shape index (κ1) is 29.5. The van der Waals surface area contributed by atoms with Crippen molar-refractivity contribution in [1.82, 2.24) is 4.90 Å². The SMILES string of the molecule is C=CCN(C(=O)C1N([C@@H](CC)CO)C(=O)[C@@H]2[C@@H](C(=O)OCC)[C@H]3CC(C)C12S3)c1ccc(N(CC)CC)cc1. The number of carbonyl (C=O) groups excluding carboxylic acids is 3. The van der Waals surface area contributed by atoms with Crippen LogP contribution in [0, 0.1) is 17.8 Å². The van der Waals surface area contributed by atoms with Gasteiger partial charge in [-0.05, 0) is 63.8 Å². The molecule has 3 aliphatic heterocycles. The standard InChI is InChI=1S/C30H43N3O5S/c1-7-16-32(22-14-12-21(13-15-22)31(9-3)10-4)28(36)26-30-19(6)17-23(39-30)24(29(37)38-11-5)25(30)27(35)33(26)20(8-2)18-34/h7,12-15,19-20,23-26,34H,1,8-11,16-18H2,2-6H3/t19?,20-,23+,24-,25-,26?,30?/m0/s1. The van der Waals surface area contributed by atoms with E-state index < -0.39 is 28.7 Å². The van der Waals surface area contributed by atoms with Crippen LogP contribution in [0.1, 0.15) is 47.5 Å². The van der Waals surface area contributed by atoms with Gasteiger partial charge in [-0.25, -0.2) is 0 Å². The van der Waals surface area contributed by atoms with E-state index in [2.05, 4.69) is 32.3 Å². The van der Waals surface area contributed by atoms with Crippen LogP contribution < -0.4 is 9.80 Å². The van der Waals surface area contributed by atoms with Crippen molar-refractivity contribution in [2.45, 2.75) is 69.5 Å². The summed E-state index contributed by atoms with van der Waals surface area (Å²) in [5.74, 6) is -1.97. The molecule has 3 aliphatic rings. The Kier molecular flexibility index (Phi) is 9.01. The van der Waals surface area contributed by atoms with Crippen LogP contribution in [0.25, 0.3) is 0 Å². The zero-order valence-electron chi connectivity index (χ0n) is 23.8. The molecule has 7 atom stereocenters. The summed E-state index contributed by atoms with van der Waals surface area (Å²) in [5, 5.41) is 10.2. The third-order valence-corrected chi connectivity index (χ3v) is 11.0. The van der Waals surface area contributed by atoms with Gasteiger partial charge in [0.25, 0.3) is 5.91 Å². The number of anilines is 2. The van der Waals surface area contributed by atoms with Crippen molar-refractivity contribution in [2.24, 2.45) is 17.8 Å². The summed E-state index contributed by atoms with van der Waals surface area (Å²) in [5.41, 5.74) is 1.81. The fourth-order valence-corrected chi connectivity index (χ4v) is 9.47. The van der Waals surface area contributed by atoms with Crippen molar-refractivity contribution < 1.29 is 24.2 Å². The van der Waals surface area contributed by atoms with E-state index in [1.54, 1.807) is 34.6 Å². The minimum absolute atomic E-state index is 0.0397. The fourth-order valence-electron chi connectivity index (χ4n) is 7.08. The van der Waals surface area contributed by atoms with Gasteiger partial charge in [0.15, 0.2) is 0 Å². The summed E-state index contributed by atoms with van der Waals surface area (Å²) in [6.07, 6.45) is 2.94. The zero-order chi connectivity index (χ0) is 28.5. The summed E-state index contributed by atoms with van der Waals surface area (Å²) >= 11 is 1.62. The molecule has 2 amide bonds. The number of rotatable bonds is 12. The van der Waals surface area contributed by atoms with Gasteiger partial charge in [-0.3, -0.25) is 14.4 Å². The van der Waals surface area contributed by atoms with Gasteiger partial charge in [0.1, 0.15) is 6.04 Å². The number of aliphatic hydroxyl groups is 1. The molecule has 3 fully saturated rings. The van der Waals surface area contributed by atoms with Crippen LogP contribution in [0.5, 0.6) is 0 Å². The van der Waals surface area contributed by atoms with E-state index in [0.29, 0.717) is 6.42 Å². The van der Waals surface area contributed by atoms with Crippen LogP contribution in [0.3, 0.4) is 0 Å². The van der Waals surface area contributed by atoms with E-state index >= 15 is 0 Å². The van der Waals surface area contributed by atoms with E-state index in [0.717, 1.165) is 30.9 Å². The molecule has 0 aromatic heterocycles. The molecule has 2 bridgehead atoms. The summed E-state index contributed by atoms with van der Waals surface area (Å²) in [6.45, 7) is 15.9. The number of amides is 2. The van der Waals surface area contributed by atoms with E-state index in [1.165, 1.54) is 0 Å². The lowest BCUT2D eigenvalue weighted by atomic mass is 9.66. The maximum absolute atomic E-state index is 14.7. The molecule has 1 N–H and O–H groups in total. The Bertz CT molecular complexity index is 1070. The van der Waals surface area contributed by atoms with Gasteiger partial charge in [0.05, 0.1) is 35.8 Å².